The molecule has 0 bridgehead atoms. The Morgan fingerprint density at radius 3 is 0.968 bits per heavy atom. The van der Waals surface area contributed by atoms with Gasteiger partial charge < -0.3 is 0 Å². The summed E-state index contributed by atoms with van der Waals surface area (Å²) in [4.78, 5) is 0. The lowest BCUT2D eigenvalue weighted by molar-refractivity contribution is -0.00264. The predicted octanol–water partition coefficient (Wildman–Crippen LogP) is 8.10. The van der Waals surface area contributed by atoms with Crippen LogP contribution in [0, 0.1) is 40.9 Å². The minimum absolute atomic E-state index is 0.564. The molecule has 6 aliphatic rings. The highest BCUT2D eigenvalue weighted by Gasteiger charge is 2.47. The topological polar surface area (TPSA) is 0 Å². The average molecular weight is 497 g/mol. The summed E-state index contributed by atoms with van der Waals surface area (Å²) in [5, 5.41) is 4.16. The van der Waals surface area contributed by atoms with E-state index in [2.05, 4.69) is 60.9 Å². The van der Waals surface area contributed by atoms with Crippen LogP contribution < -0.4 is 0 Å². The van der Waals surface area contributed by atoms with Crippen LogP contribution in [0.5, 0.6) is 0 Å². The Kier molecular flexibility index (Phi) is 6.97. The van der Waals surface area contributed by atoms with Crippen molar-refractivity contribution in [2.45, 2.75) is 99.1 Å². The second-order valence-corrected chi connectivity index (χ2v) is 18.2. The molecular formula is C27H44S4. The Hall–Kier alpha value is 1.40. The third-order valence-electron chi connectivity index (χ3n) is 9.90. The summed E-state index contributed by atoms with van der Waals surface area (Å²) < 4.78 is 0. The molecule has 31 heavy (non-hydrogen) atoms. The van der Waals surface area contributed by atoms with Gasteiger partial charge in [-0.25, -0.2) is 0 Å². The van der Waals surface area contributed by atoms with Crippen LogP contribution in [-0.2, 0) is 0 Å². The van der Waals surface area contributed by atoms with Crippen LogP contribution in [-0.4, -0.2) is 44.0 Å². The van der Waals surface area contributed by atoms with Crippen molar-refractivity contribution < 1.29 is 0 Å². The number of rotatable bonds is 10. The lowest BCUT2D eigenvalue weighted by Gasteiger charge is -2.50. The fraction of sp³-hybridized carbons (Fsp3) is 1.00. The smallest absolute Gasteiger partial charge is 0.0141 e. The molecule has 6 fully saturated rings. The molecule has 0 amide bonds. The third kappa shape index (κ3) is 6.35. The van der Waals surface area contributed by atoms with Crippen molar-refractivity contribution in [3.63, 3.8) is 0 Å². The van der Waals surface area contributed by atoms with E-state index < -0.39 is 0 Å². The summed E-state index contributed by atoms with van der Waals surface area (Å²) in [6.45, 7) is 5.49. The van der Waals surface area contributed by atoms with Crippen LogP contribution in [0.3, 0.4) is 0 Å². The van der Waals surface area contributed by atoms with Gasteiger partial charge in [0.1, 0.15) is 0 Å². The van der Waals surface area contributed by atoms with Crippen molar-refractivity contribution in [2.75, 3.05) is 23.0 Å². The Bertz CT molecular complexity index is 523. The van der Waals surface area contributed by atoms with E-state index in [1.165, 1.54) is 23.0 Å². The molecule has 0 N–H and O–H groups in total. The predicted molar refractivity (Wildman–Crippen MR) is 146 cm³/mol. The van der Waals surface area contributed by atoms with Gasteiger partial charge in [0.2, 0.25) is 0 Å². The zero-order chi connectivity index (χ0) is 21.0. The molecule has 0 aromatic heterocycles. The van der Waals surface area contributed by atoms with Gasteiger partial charge in [0, 0.05) is 44.0 Å². The summed E-state index contributed by atoms with van der Waals surface area (Å²) in [7, 11) is 0. The maximum Gasteiger partial charge on any atom is 0.0141 e. The Balaban J connectivity index is 1.15. The molecule has 0 aromatic rings. The average Bonchev–Trinajstić information content (AvgIpc) is 3.56. The molecule has 4 heterocycles. The van der Waals surface area contributed by atoms with Crippen molar-refractivity contribution in [1.82, 2.24) is 0 Å². The first-order valence-electron chi connectivity index (χ1n) is 13.5. The number of hydrogen-bond donors (Lipinski definition) is 0. The van der Waals surface area contributed by atoms with Gasteiger partial charge in [0.05, 0.1) is 0 Å². The molecule has 2 saturated carbocycles. The van der Waals surface area contributed by atoms with Crippen molar-refractivity contribution in [1.29, 1.82) is 0 Å². The van der Waals surface area contributed by atoms with Gasteiger partial charge in [0.15, 0.2) is 0 Å². The second kappa shape index (κ2) is 9.45. The third-order valence-corrected chi connectivity index (χ3v) is 13.9. The maximum absolute atomic E-state index is 2.75. The molecule has 0 radical (unpaired) electrons. The SMILES string of the molecule is CC(C)(C1CC(CC2CS2)CC(CC2CS2)C1)C1CC(CC2CS2)CC(CC2CS2)C1. The zero-order valence-corrected chi connectivity index (χ0v) is 23.1. The van der Waals surface area contributed by atoms with Gasteiger partial charge in [-0.15, -0.1) is 0 Å². The van der Waals surface area contributed by atoms with E-state index >= 15 is 0 Å². The molecule has 4 heteroatoms. The number of hydrogen-bond acceptors (Lipinski definition) is 4. The standard InChI is InChI=1S/C27H44S4/c1-27(2,21-5-17(9-23-13-28-23)3-18(6-21)10-24-14-29-24)22-7-19(11-25-15-30-25)4-20(8-22)12-26-16-31-26/h17-26H,3-16H2,1-2H3. The summed E-state index contributed by atoms with van der Waals surface area (Å²) in [6.07, 6.45) is 15.7. The van der Waals surface area contributed by atoms with Gasteiger partial charge in [0.25, 0.3) is 0 Å². The second-order valence-electron chi connectivity index (χ2n) is 12.9. The molecular weight excluding hydrogens is 453 g/mol. The summed E-state index contributed by atoms with van der Waals surface area (Å²) in [6, 6.07) is 0. The quantitative estimate of drug-likeness (QED) is 0.280. The fourth-order valence-electron chi connectivity index (χ4n) is 7.75. The minimum atomic E-state index is 0.564. The maximum atomic E-state index is 2.75. The van der Waals surface area contributed by atoms with Crippen LogP contribution in [0.25, 0.3) is 0 Å². The van der Waals surface area contributed by atoms with E-state index in [0.29, 0.717) is 5.41 Å². The van der Waals surface area contributed by atoms with Crippen molar-refractivity contribution in [3.05, 3.63) is 0 Å². The van der Waals surface area contributed by atoms with E-state index in [4.69, 9.17) is 0 Å². The molecule has 8 atom stereocenters. The minimum Gasteiger partial charge on any atom is -0.157 e. The van der Waals surface area contributed by atoms with Crippen molar-refractivity contribution in [2.24, 2.45) is 40.9 Å². The summed E-state index contributed by atoms with van der Waals surface area (Å²) >= 11 is 8.97. The highest BCUT2D eigenvalue weighted by Crippen LogP contribution is 2.57. The molecule has 4 aliphatic heterocycles. The normalized spacial score (nSPS) is 49.0. The highest BCUT2D eigenvalue weighted by atomic mass is 32.2. The van der Waals surface area contributed by atoms with E-state index in [1.807, 2.05) is 0 Å². The van der Waals surface area contributed by atoms with Crippen molar-refractivity contribution >= 4 is 47.0 Å². The van der Waals surface area contributed by atoms with E-state index in [1.54, 1.807) is 64.2 Å². The van der Waals surface area contributed by atoms with Gasteiger partial charge in [-0.05, 0) is 105 Å². The summed E-state index contributed by atoms with van der Waals surface area (Å²) in [5.74, 6) is 12.1. The van der Waals surface area contributed by atoms with E-state index in [0.717, 1.165) is 56.5 Å². The van der Waals surface area contributed by atoms with Gasteiger partial charge in [-0.3, -0.25) is 0 Å². The first-order chi connectivity index (χ1) is 15.0. The molecule has 0 spiro atoms. The van der Waals surface area contributed by atoms with Gasteiger partial charge >= 0.3 is 0 Å². The highest BCUT2D eigenvalue weighted by molar-refractivity contribution is 8.07. The molecule has 6 rings (SSSR count). The molecule has 0 nitrogen and oxygen atoms in total. The van der Waals surface area contributed by atoms with Crippen LogP contribution in [0.1, 0.15) is 78.1 Å². The number of thioether (sulfide) groups is 4. The van der Waals surface area contributed by atoms with E-state index in [-0.39, 0.29) is 0 Å². The Labute approximate surface area is 209 Å². The molecule has 0 aromatic carbocycles. The largest absolute Gasteiger partial charge is 0.157 e. The van der Waals surface area contributed by atoms with Gasteiger partial charge in [-0.1, -0.05) is 13.8 Å². The Morgan fingerprint density at radius 1 is 0.484 bits per heavy atom. The molecule has 176 valence electrons. The molecule has 2 aliphatic carbocycles. The first kappa shape index (κ1) is 22.8. The van der Waals surface area contributed by atoms with Gasteiger partial charge in [-0.2, -0.15) is 47.0 Å². The lowest BCUT2D eigenvalue weighted by Crippen LogP contribution is -2.42. The Morgan fingerprint density at radius 2 is 0.742 bits per heavy atom. The fourth-order valence-corrected chi connectivity index (χ4v) is 10.5. The van der Waals surface area contributed by atoms with Crippen LogP contribution >= 0.6 is 47.0 Å². The van der Waals surface area contributed by atoms with E-state index in [9.17, 15) is 0 Å². The lowest BCUT2D eigenvalue weighted by atomic mass is 9.55. The zero-order valence-electron chi connectivity index (χ0n) is 19.8. The van der Waals surface area contributed by atoms with Crippen LogP contribution in [0.4, 0.5) is 0 Å². The summed E-state index contributed by atoms with van der Waals surface area (Å²) in [5.41, 5.74) is 0.564. The first-order valence-corrected chi connectivity index (χ1v) is 17.7. The van der Waals surface area contributed by atoms with Crippen molar-refractivity contribution in [3.8, 4) is 0 Å². The van der Waals surface area contributed by atoms with Crippen LogP contribution in [0.15, 0.2) is 0 Å². The molecule has 8 unspecified atom stereocenters. The molecule has 4 saturated heterocycles. The monoisotopic (exact) mass is 496 g/mol. The van der Waals surface area contributed by atoms with Crippen LogP contribution in [0.2, 0.25) is 0 Å².